The molecule has 1 aromatic carbocycles. The average Bonchev–Trinajstić information content (AvgIpc) is 2.17. The largest absolute Gasteiger partial charge is 0.326 e. The highest BCUT2D eigenvalue weighted by Crippen LogP contribution is 2.11. The molecule has 0 saturated carbocycles. The summed E-state index contributed by atoms with van der Waals surface area (Å²) in [5.41, 5.74) is 9.14. The summed E-state index contributed by atoms with van der Waals surface area (Å²) in [5.74, 6) is -0.114. The van der Waals surface area contributed by atoms with Gasteiger partial charge in [0.25, 0.3) is 0 Å². The fourth-order valence-electron chi connectivity index (χ4n) is 1.28. The van der Waals surface area contributed by atoms with Crippen LogP contribution in [0.2, 0.25) is 0 Å². The Morgan fingerprint density at radius 3 is 2.93 bits per heavy atom. The van der Waals surface area contributed by atoms with Crippen molar-refractivity contribution in [2.24, 2.45) is 5.73 Å². The minimum atomic E-state index is -0.502. The molecule has 0 heterocycles. The van der Waals surface area contributed by atoms with Gasteiger partial charge in [-0.25, -0.2) is 0 Å². The maximum absolute atomic E-state index is 10.8. The van der Waals surface area contributed by atoms with E-state index in [2.05, 4.69) is 5.32 Å². The molecule has 1 rings (SSSR count). The first-order valence-electron chi connectivity index (χ1n) is 4.63. The van der Waals surface area contributed by atoms with Crippen LogP contribution in [0.5, 0.6) is 0 Å². The number of hydrogen-bond acceptors (Lipinski definition) is 4. The van der Waals surface area contributed by atoms with Crippen molar-refractivity contribution in [2.75, 3.05) is 5.32 Å². The molecule has 0 radical (unpaired) electrons. The van der Waals surface area contributed by atoms with Crippen molar-refractivity contribution in [2.45, 2.75) is 19.5 Å². The molecule has 1 unspecified atom stereocenters. The Hall–Kier alpha value is -1.43. The lowest BCUT2D eigenvalue weighted by Gasteiger charge is -2.10. The van der Waals surface area contributed by atoms with Gasteiger partial charge in [-0.15, -0.1) is 0 Å². The molecule has 5 heteroatoms. The van der Waals surface area contributed by atoms with E-state index in [0.717, 1.165) is 11.3 Å². The van der Waals surface area contributed by atoms with E-state index in [1.807, 2.05) is 23.7 Å². The number of rotatable bonds is 4. The van der Waals surface area contributed by atoms with Crippen molar-refractivity contribution in [3.05, 3.63) is 29.8 Å². The van der Waals surface area contributed by atoms with E-state index in [0.29, 0.717) is 6.42 Å². The van der Waals surface area contributed by atoms with Crippen LogP contribution in [0.1, 0.15) is 12.5 Å². The van der Waals surface area contributed by atoms with Crippen LogP contribution in [0.15, 0.2) is 24.3 Å². The molecule has 0 aliphatic heterocycles. The van der Waals surface area contributed by atoms with E-state index in [4.69, 9.17) is 10.9 Å². The summed E-state index contributed by atoms with van der Waals surface area (Å²) in [6.45, 7) is 1.45. The summed E-state index contributed by atoms with van der Waals surface area (Å²) in [4.78, 5) is 10.8. The van der Waals surface area contributed by atoms with Gasteiger partial charge in [0.2, 0.25) is 5.91 Å². The molecule has 0 aliphatic rings. The minimum absolute atomic E-state index is 0.114. The number of carbonyl (C=O) groups excluding carboxylic acids is 1. The monoisotopic (exact) mass is 209 g/mol. The van der Waals surface area contributed by atoms with E-state index in [1.54, 1.807) is 6.07 Å². The van der Waals surface area contributed by atoms with Gasteiger partial charge in [0, 0.05) is 19.0 Å². The van der Waals surface area contributed by atoms with E-state index in [9.17, 15) is 4.79 Å². The minimum Gasteiger partial charge on any atom is -0.326 e. The standard InChI is InChI=1S/C10H15N3O2/c1-7(14)12-9-4-2-3-8(5-9)6-10(11)13-15/h2-5,10,13,15H,6,11H2,1H3,(H,12,14). The lowest BCUT2D eigenvalue weighted by Crippen LogP contribution is -2.36. The Morgan fingerprint density at radius 1 is 1.60 bits per heavy atom. The summed E-state index contributed by atoms with van der Waals surface area (Å²) in [6.07, 6.45) is -0.0122. The first kappa shape index (κ1) is 11.6. The number of amides is 1. The van der Waals surface area contributed by atoms with Gasteiger partial charge in [0.1, 0.15) is 0 Å². The maximum Gasteiger partial charge on any atom is 0.221 e. The van der Waals surface area contributed by atoms with Gasteiger partial charge in [-0.05, 0) is 17.7 Å². The van der Waals surface area contributed by atoms with Gasteiger partial charge in [-0.3, -0.25) is 4.79 Å². The number of benzene rings is 1. The third-order valence-electron chi connectivity index (χ3n) is 1.87. The molecule has 1 aromatic rings. The molecular formula is C10H15N3O2. The zero-order chi connectivity index (χ0) is 11.3. The second kappa shape index (κ2) is 5.45. The predicted octanol–water partition coefficient (Wildman–Crippen LogP) is 0.451. The molecule has 0 spiro atoms. The van der Waals surface area contributed by atoms with Crippen molar-refractivity contribution in [1.29, 1.82) is 0 Å². The van der Waals surface area contributed by atoms with Crippen molar-refractivity contribution < 1.29 is 10.0 Å². The Kier molecular flexibility index (Phi) is 4.23. The molecule has 0 aliphatic carbocycles. The number of anilines is 1. The fraction of sp³-hybridized carbons (Fsp3) is 0.300. The van der Waals surface area contributed by atoms with Crippen LogP contribution in [0.25, 0.3) is 0 Å². The van der Waals surface area contributed by atoms with Gasteiger partial charge in [-0.1, -0.05) is 12.1 Å². The van der Waals surface area contributed by atoms with Crippen LogP contribution in [0.3, 0.4) is 0 Å². The average molecular weight is 209 g/mol. The molecule has 0 saturated heterocycles. The molecule has 5 nitrogen and oxygen atoms in total. The second-order valence-electron chi connectivity index (χ2n) is 3.32. The molecule has 0 aromatic heterocycles. The topological polar surface area (TPSA) is 87.4 Å². The molecule has 5 N–H and O–H groups in total. The first-order chi connectivity index (χ1) is 7.11. The quantitative estimate of drug-likeness (QED) is 0.428. The third kappa shape index (κ3) is 4.07. The van der Waals surface area contributed by atoms with E-state index >= 15 is 0 Å². The van der Waals surface area contributed by atoms with Crippen LogP contribution in [0.4, 0.5) is 5.69 Å². The third-order valence-corrected chi connectivity index (χ3v) is 1.87. The highest BCUT2D eigenvalue weighted by molar-refractivity contribution is 5.88. The molecule has 0 bridgehead atoms. The highest BCUT2D eigenvalue weighted by Gasteiger charge is 2.03. The van der Waals surface area contributed by atoms with Gasteiger partial charge in [0.05, 0.1) is 6.17 Å². The lowest BCUT2D eigenvalue weighted by atomic mass is 10.1. The molecule has 15 heavy (non-hydrogen) atoms. The summed E-state index contributed by atoms with van der Waals surface area (Å²) in [6, 6.07) is 7.31. The van der Waals surface area contributed by atoms with Crippen molar-refractivity contribution in [1.82, 2.24) is 5.48 Å². The number of nitrogens with one attached hydrogen (secondary N) is 2. The summed E-state index contributed by atoms with van der Waals surface area (Å²) >= 11 is 0. The summed E-state index contributed by atoms with van der Waals surface area (Å²) < 4.78 is 0. The Labute approximate surface area is 88.2 Å². The normalized spacial score (nSPS) is 12.2. The smallest absolute Gasteiger partial charge is 0.221 e. The summed E-state index contributed by atoms with van der Waals surface area (Å²) in [5, 5.41) is 11.2. The fourth-order valence-corrected chi connectivity index (χ4v) is 1.28. The zero-order valence-corrected chi connectivity index (χ0v) is 8.53. The number of hydrogen-bond donors (Lipinski definition) is 4. The molecule has 1 atom stereocenters. The second-order valence-corrected chi connectivity index (χ2v) is 3.32. The van der Waals surface area contributed by atoms with Crippen LogP contribution in [0, 0.1) is 0 Å². The lowest BCUT2D eigenvalue weighted by molar-refractivity contribution is -0.114. The van der Waals surface area contributed by atoms with E-state index in [1.165, 1.54) is 6.92 Å². The Balaban J connectivity index is 2.69. The molecular weight excluding hydrogens is 194 g/mol. The van der Waals surface area contributed by atoms with Crippen LogP contribution in [-0.4, -0.2) is 17.3 Å². The summed E-state index contributed by atoms with van der Waals surface area (Å²) in [7, 11) is 0. The van der Waals surface area contributed by atoms with Gasteiger partial charge >= 0.3 is 0 Å². The Bertz CT molecular complexity index is 341. The van der Waals surface area contributed by atoms with E-state index < -0.39 is 6.17 Å². The highest BCUT2D eigenvalue weighted by atomic mass is 16.5. The van der Waals surface area contributed by atoms with Crippen LogP contribution >= 0.6 is 0 Å². The zero-order valence-electron chi connectivity index (χ0n) is 8.53. The molecule has 82 valence electrons. The van der Waals surface area contributed by atoms with E-state index in [-0.39, 0.29) is 5.91 Å². The van der Waals surface area contributed by atoms with Crippen LogP contribution < -0.4 is 16.5 Å². The molecule has 1 amide bonds. The SMILES string of the molecule is CC(=O)Nc1cccc(CC(N)NO)c1. The van der Waals surface area contributed by atoms with Gasteiger partial charge in [-0.2, -0.15) is 5.48 Å². The first-order valence-corrected chi connectivity index (χ1v) is 4.63. The Morgan fingerprint density at radius 2 is 2.33 bits per heavy atom. The number of nitrogens with two attached hydrogens (primary N) is 1. The number of hydroxylamine groups is 1. The van der Waals surface area contributed by atoms with Crippen LogP contribution in [-0.2, 0) is 11.2 Å². The maximum atomic E-state index is 10.8. The predicted molar refractivity (Wildman–Crippen MR) is 57.3 cm³/mol. The van der Waals surface area contributed by atoms with Gasteiger partial charge < -0.3 is 16.3 Å². The molecule has 0 fully saturated rings. The van der Waals surface area contributed by atoms with Gasteiger partial charge in [0.15, 0.2) is 0 Å². The van der Waals surface area contributed by atoms with Crippen molar-refractivity contribution >= 4 is 11.6 Å². The number of carbonyl (C=O) groups is 1. The van der Waals surface area contributed by atoms with Crippen molar-refractivity contribution in [3.63, 3.8) is 0 Å². The van der Waals surface area contributed by atoms with Crippen molar-refractivity contribution in [3.8, 4) is 0 Å².